The number of carboxylic acids is 1. The standard InChI is InChI=1S/C11H14N2O2/c1-8-2-3-10(12-4-8)7-13-5-9(6-13)11(14)15/h2-4,9H,5-7H2,1H3,(H,14,15). The van der Waals surface area contributed by atoms with Crippen LogP contribution in [0.5, 0.6) is 0 Å². The van der Waals surface area contributed by atoms with Gasteiger partial charge in [0.25, 0.3) is 0 Å². The number of hydrogen-bond acceptors (Lipinski definition) is 3. The maximum Gasteiger partial charge on any atom is 0.309 e. The summed E-state index contributed by atoms with van der Waals surface area (Å²) in [4.78, 5) is 17.0. The lowest BCUT2D eigenvalue weighted by Crippen LogP contribution is -2.49. The van der Waals surface area contributed by atoms with Gasteiger partial charge in [0.1, 0.15) is 0 Å². The Morgan fingerprint density at radius 1 is 1.60 bits per heavy atom. The van der Waals surface area contributed by atoms with Crippen LogP contribution in [-0.2, 0) is 11.3 Å². The average molecular weight is 206 g/mol. The van der Waals surface area contributed by atoms with E-state index in [1.807, 2.05) is 25.3 Å². The normalized spacial score (nSPS) is 17.4. The van der Waals surface area contributed by atoms with Crippen LogP contribution in [0.25, 0.3) is 0 Å². The van der Waals surface area contributed by atoms with E-state index in [4.69, 9.17) is 5.11 Å². The Hall–Kier alpha value is -1.42. The van der Waals surface area contributed by atoms with Crippen molar-refractivity contribution in [1.82, 2.24) is 9.88 Å². The molecule has 0 atom stereocenters. The van der Waals surface area contributed by atoms with Gasteiger partial charge >= 0.3 is 5.97 Å². The summed E-state index contributed by atoms with van der Waals surface area (Å²) >= 11 is 0. The maximum atomic E-state index is 10.6. The van der Waals surface area contributed by atoms with Crippen LogP contribution in [-0.4, -0.2) is 34.0 Å². The summed E-state index contributed by atoms with van der Waals surface area (Å²) in [5.74, 6) is -0.876. The molecule has 1 aromatic rings. The summed E-state index contributed by atoms with van der Waals surface area (Å²) in [6.45, 7) is 4.04. The largest absolute Gasteiger partial charge is 0.481 e. The van der Waals surface area contributed by atoms with E-state index < -0.39 is 5.97 Å². The fourth-order valence-corrected chi connectivity index (χ4v) is 1.68. The van der Waals surface area contributed by atoms with Crippen LogP contribution in [0.1, 0.15) is 11.3 Å². The molecule has 15 heavy (non-hydrogen) atoms. The molecule has 2 heterocycles. The number of rotatable bonds is 3. The quantitative estimate of drug-likeness (QED) is 0.798. The lowest BCUT2D eigenvalue weighted by Gasteiger charge is -2.36. The Labute approximate surface area is 88.6 Å². The second-order valence-electron chi connectivity index (χ2n) is 4.06. The molecule has 2 rings (SSSR count). The van der Waals surface area contributed by atoms with E-state index in [1.165, 1.54) is 0 Å². The summed E-state index contributed by atoms with van der Waals surface area (Å²) in [5, 5.41) is 8.71. The fourth-order valence-electron chi connectivity index (χ4n) is 1.68. The van der Waals surface area contributed by atoms with Gasteiger partial charge in [0.15, 0.2) is 0 Å². The van der Waals surface area contributed by atoms with Crippen LogP contribution in [0.2, 0.25) is 0 Å². The van der Waals surface area contributed by atoms with E-state index in [1.54, 1.807) is 0 Å². The van der Waals surface area contributed by atoms with Gasteiger partial charge in [0, 0.05) is 25.8 Å². The predicted molar refractivity (Wildman–Crippen MR) is 55.4 cm³/mol. The molecular formula is C11H14N2O2. The lowest BCUT2D eigenvalue weighted by atomic mass is 10.0. The molecule has 1 saturated heterocycles. The van der Waals surface area contributed by atoms with E-state index in [0.29, 0.717) is 13.1 Å². The van der Waals surface area contributed by atoms with Crippen molar-refractivity contribution in [3.8, 4) is 0 Å². The minimum absolute atomic E-state index is 0.185. The first kappa shape index (κ1) is 10.1. The molecule has 0 spiro atoms. The number of nitrogens with zero attached hydrogens (tertiary/aromatic N) is 2. The minimum Gasteiger partial charge on any atom is -0.481 e. The molecule has 0 amide bonds. The highest BCUT2D eigenvalue weighted by Gasteiger charge is 2.32. The van der Waals surface area contributed by atoms with Crippen molar-refractivity contribution in [1.29, 1.82) is 0 Å². The molecule has 1 fully saturated rings. The van der Waals surface area contributed by atoms with E-state index in [0.717, 1.165) is 17.8 Å². The van der Waals surface area contributed by atoms with Gasteiger partial charge < -0.3 is 5.11 Å². The topological polar surface area (TPSA) is 53.4 Å². The summed E-state index contributed by atoms with van der Waals surface area (Å²) in [6, 6.07) is 4.01. The van der Waals surface area contributed by atoms with Gasteiger partial charge in [0.05, 0.1) is 11.6 Å². The fraction of sp³-hybridized carbons (Fsp3) is 0.455. The van der Waals surface area contributed by atoms with Crippen LogP contribution < -0.4 is 0 Å². The van der Waals surface area contributed by atoms with Gasteiger partial charge in [0.2, 0.25) is 0 Å². The molecule has 0 unspecified atom stereocenters. The molecule has 4 nitrogen and oxygen atoms in total. The van der Waals surface area contributed by atoms with Crippen molar-refractivity contribution in [2.24, 2.45) is 5.92 Å². The van der Waals surface area contributed by atoms with Crippen molar-refractivity contribution in [2.75, 3.05) is 13.1 Å². The lowest BCUT2D eigenvalue weighted by molar-refractivity contribution is -0.147. The number of aromatic nitrogens is 1. The zero-order valence-corrected chi connectivity index (χ0v) is 8.68. The van der Waals surface area contributed by atoms with Crippen molar-refractivity contribution in [2.45, 2.75) is 13.5 Å². The maximum absolute atomic E-state index is 10.6. The van der Waals surface area contributed by atoms with Gasteiger partial charge in [-0.3, -0.25) is 14.7 Å². The highest BCUT2D eigenvalue weighted by molar-refractivity contribution is 5.71. The third-order valence-electron chi connectivity index (χ3n) is 2.66. The summed E-state index contributed by atoms with van der Waals surface area (Å²) in [5.41, 5.74) is 2.15. The highest BCUT2D eigenvalue weighted by Crippen LogP contribution is 2.17. The molecule has 0 aromatic carbocycles. The van der Waals surface area contributed by atoms with E-state index in [2.05, 4.69) is 9.88 Å². The molecule has 80 valence electrons. The number of likely N-dealkylation sites (tertiary alicyclic amines) is 1. The molecule has 0 aliphatic carbocycles. The van der Waals surface area contributed by atoms with E-state index in [-0.39, 0.29) is 5.92 Å². The smallest absolute Gasteiger partial charge is 0.309 e. The van der Waals surface area contributed by atoms with Crippen LogP contribution >= 0.6 is 0 Å². The molecule has 0 saturated carbocycles. The zero-order valence-electron chi connectivity index (χ0n) is 8.68. The molecule has 0 radical (unpaired) electrons. The Morgan fingerprint density at radius 3 is 2.87 bits per heavy atom. The number of carbonyl (C=O) groups is 1. The molecule has 0 bridgehead atoms. The number of pyridine rings is 1. The molecule has 1 aliphatic rings. The van der Waals surface area contributed by atoms with Crippen LogP contribution in [0.3, 0.4) is 0 Å². The Morgan fingerprint density at radius 2 is 2.33 bits per heavy atom. The van der Waals surface area contributed by atoms with E-state index in [9.17, 15) is 4.79 Å². The first-order valence-electron chi connectivity index (χ1n) is 5.02. The minimum atomic E-state index is -0.692. The third kappa shape index (κ3) is 2.33. The molecule has 4 heteroatoms. The number of aliphatic carboxylic acids is 1. The summed E-state index contributed by atoms with van der Waals surface area (Å²) < 4.78 is 0. The summed E-state index contributed by atoms with van der Waals surface area (Å²) in [7, 11) is 0. The van der Waals surface area contributed by atoms with Gasteiger partial charge in [-0.15, -0.1) is 0 Å². The average Bonchev–Trinajstić information content (AvgIpc) is 2.13. The van der Waals surface area contributed by atoms with Gasteiger partial charge in [-0.25, -0.2) is 0 Å². The molecule has 1 aliphatic heterocycles. The van der Waals surface area contributed by atoms with Gasteiger partial charge in [-0.1, -0.05) is 6.07 Å². The Bertz CT molecular complexity index is 355. The van der Waals surface area contributed by atoms with Gasteiger partial charge in [-0.05, 0) is 18.6 Å². The van der Waals surface area contributed by atoms with Crippen molar-refractivity contribution < 1.29 is 9.90 Å². The second kappa shape index (κ2) is 3.98. The first-order valence-corrected chi connectivity index (χ1v) is 5.02. The number of carboxylic acid groups (broad SMARTS) is 1. The monoisotopic (exact) mass is 206 g/mol. The van der Waals surface area contributed by atoms with Crippen LogP contribution in [0, 0.1) is 12.8 Å². The number of aryl methyl sites for hydroxylation is 1. The van der Waals surface area contributed by atoms with E-state index >= 15 is 0 Å². The third-order valence-corrected chi connectivity index (χ3v) is 2.66. The van der Waals surface area contributed by atoms with Crippen molar-refractivity contribution in [3.05, 3.63) is 29.6 Å². The van der Waals surface area contributed by atoms with Gasteiger partial charge in [-0.2, -0.15) is 0 Å². The summed E-state index contributed by atoms with van der Waals surface area (Å²) in [6.07, 6.45) is 1.84. The van der Waals surface area contributed by atoms with Crippen molar-refractivity contribution in [3.63, 3.8) is 0 Å². The van der Waals surface area contributed by atoms with Crippen LogP contribution in [0.15, 0.2) is 18.3 Å². The predicted octanol–water partition coefficient (Wildman–Crippen LogP) is 0.906. The molecule has 1 N–H and O–H groups in total. The SMILES string of the molecule is Cc1ccc(CN2CC(C(=O)O)C2)nc1. The second-order valence-corrected chi connectivity index (χ2v) is 4.06. The zero-order chi connectivity index (χ0) is 10.8. The number of hydrogen-bond donors (Lipinski definition) is 1. The highest BCUT2D eigenvalue weighted by atomic mass is 16.4. The van der Waals surface area contributed by atoms with Crippen molar-refractivity contribution >= 4 is 5.97 Å². The Balaban J connectivity index is 1.85. The molecule has 1 aromatic heterocycles. The Kier molecular flexibility index (Phi) is 2.68. The molecular weight excluding hydrogens is 192 g/mol. The van der Waals surface area contributed by atoms with Crippen LogP contribution in [0.4, 0.5) is 0 Å². The first-order chi connectivity index (χ1) is 7.15.